The first-order chi connectivity index (χ1) is 14.7. The molecular weight excluding hydrogens is 372 g/mol. The Labute approximate surface area is 179 Å². The van der Waals surface area contributed by atoms with Crippen LogP contribution in [0.5, 0.6) is 0 Å². The van der Waals surface area contributed by atoms with Crippen molar-refractivity contribution in [1.29, 1.82) is 0 Å². The van der Waals surface area contributed by atoms with Gasteiger partial charge in [0.2, 0.25) is 0 Å². The summed E-state index contributed by atoms with van der Waals surface area (Å²) < 4.78 is 5.42. The van der Waals surface area contributed by atoms with E-state index in [1.165, 1.54) is 11.1 Å². The van der Waals surface area contributed by atoms with Gasteiger partial charge in [0.05, 0.1) is 0 Å². The van der Waals surface area contributed by atoms with Crippen molar-refractivity contribution in [1.82, 2.24) is 5.32 Å². The molecule has 0 heterocycles. The molecule has 0 aliphatic rings. The molecule has 0 aliphatic carbocycles. The summed E-state index contributed by atoms with van der Waals surface area (Å²) in [5.41, 5.74) is 9.76. The van der Waals surface area contributed by atoms with Gasteiger partial charge >= 0.3 is 6.09 Å². The molecule has 0 aliphatic heterocycles. The van der Waals surface area contributed by atoms with Gasteiger partial charge in [-0.05, 0) is 42.4 Å². The Morgan fingerprint density at radius 1 is 0.733 bits per heavy atom. The van der Waals surface area contributed by atoms with Crippen molar-refractivity contribution in [3.05, 3.63) is 108 Å². The number of ether oxygens (including phenoxy) is 1. The van der Waals surface area contributed by atoms with Gasteiger partial charge in [0.25, 0.3) is 0 Å². The average molecular weight is 403 g/mol. The molecule has 0 fully saturated rings. The first kappa shape index (κ1) is 21.6. The fourth-order valence-electron chi connectivity index (χ4n) is 3.49. The van der Waals surface area contributed by atoms with Crippen molar-refractivity contribution in [3.63, 3.8) is 0 Å². The maximum absolute atomic E-state index is 12.4. The summed E-state index contributed by atoms with van der Waals surface area (Å²) in [6, 6.07) is 30.2. The summed E-state index contributed by atoms with van der Waals surface area (Å²) in [7, 11) is 0. The second-order valence-electron chi connectivity index (χ2n) is 7.62. The predicted molar refractivity (Wildman–Crippen MR) is 121 cm³/mol. The van der Waals surface area contributed by atoms with Gasteiger partial charge in [-0.15, -0.1) is 0 Å². The molecule has 156 valence electrons. The van der Waals surface area contributed by atoms with E-state index in [-0.39, 0.29) is 18.7 Å². The molecule has 0 unspecified atom stereocenters. The van der Waals surface area contributed by atoms with Gasteiger partial charge in [-0.3, -0.25) is 0 Å². The third-order valence-electron chi connectivity index (χ3n) is 5.09. The number of rotatable bonds is 10. The van der Waals surface area contributed by atoms with Gasteiger partial charge in [-0.1, -0.05) is 91.0 Å². The summed E-state index contributed by atoms with van der Waals surface area (Å²) in [6.07, 6.45) is 2.81. The zero-order chi connectivity index (χ0) is 21.0. The first-order valence-electron chi connectivity index (χ1n) is 10.5. The Kier molecular flexibility index (Phi) is 8.48. The van der Waals surface area contributed by atoms with Crippen molar-refractivity contribution >= 4 is 6.09 Å². The van der Waals surface area contributed by atoms with Gasteiger partial charge in [-0.2, -0.15) is 0 Å². The molecule has 30 heavy (non-hydrogen) atoms. The summed E-state index contributed by atoms with van der Waals surface area (Å²) in [5.74, 6) is 0. The molecule has 4 nitrogen and oxygen atoms in total. The Bertz CT molecular complexity index is 869. The molecule has 0 bridgehead atoms. The van der Waals surface area contributed by atoms with E-state index in [0.29, 0.717) is 0 Å². The number of hydrogen-bond acceptors (Lipinski definition) is 3. The van der Waals surface area contributed by atoms with Gasteiger partial charge in [0.15, 0.2) is 0 Å². The molecule has 0 spiro atoms. The summed E-state index contributed by atoms with van der Waals surface area (Å²) >= 11 is 0. The molecule has 3 aromatic rings. The smallest absolute Gasteiger partial charge is 0.407 e. The van der Waals surface area contributed by atoms with Crippen molar-refractivity contribution < 1.29 is 9.53 Å². The SMILES string of the molecule is N[C@H](CC[C@H](Cc1ccccc1)NC(=O)OCc1ccccc1)Cc1ccccc1. The summed E-state index contributed by atoms with van der Waals surface area (Å²) in [4.78, 5) is 12.4. The summed E-state index contributed by atoms with van der Waals surface area (Å²) in [6.45, 7) is 0.262. The van der Waals surface area contributed by atoms with E-state index < -0.39 is 6.09 Å². The van der Waals surface area contributed by atoms with Crippen LogP contribution in [0.3, 0.4) is 0 Å². The van der Waals surface area contributed by atoms with Crippen LogP contribution in [0, 0.1) is 0 Å². The first-order valence-corrected chi connectivity index (χ1v) is 10.5. The highest BCUT2D eigenvalue weighted by atomic mass is 16.5. The number of nitrogens with two attached hydrogens (primary N) is 1. The van der Waals surface area contributed by atoms with Crippen molar-refractivity contribution in [3.8, 4) is 0 Å². The second kappa shape index (κ2) is 11.8. The molecule has 3 rings (SSSR count). The van der Waals surface area contributed by atoms with E-state index in [1.54, 1.807) is 0 Å². The fraction of sp³-hybridized carbons (Fsp3) is 0.269. The fourth-order valence-corrected chi connectivity index (χ4v) is 3.49. The van der Waals surface area contributed by atoms with Gasteiger partial charge < -0.3 is 15.8 Å². The molecule has 3 aromatic carbocycles. The number of amides is 1. The zero-order valence-corrected chi connectivity index (χ0v) is 17.2. The highest BCUT2D eigenvalue weighted by Gasteiger charge is 2.16. The van der Waals surface area contributed by atoms with Crippen LogP contribution < -0.4 is 11.1 Å². The molecular formula is C26H30N2O2. The van der Waals surface area contributed by atoms with Crippen molar-refractivity contribution in [2.45, 2.75) is 44.4 Å². The Balaban J connectivity index is 1.53. The van der Waals surface area contributed by atoms with Crippen LogP contribution in [0.2, 0.25) is 0 Å². The molecule has 0 radical (unpaired) electrons. The highest BCUT2D eigenvalue weighted by molar-refractivity contribution is 5.67. The molecule has 0 saturated carbocycles. The van der Waals surface area contributed by atoms with Crippen LogP contribution in [0.4, 0.5) is 4.79 Å². The molecule has 0 saturated heterocycles. The number of carbonyl (C=O) groups excluding carboxylic acids is 1. The Morgan fingerprint density at radius 3 is 1.80 bits per heavy atom. The van der Waals surface area contributed by atoms with Gasteiger partial charge in [0, 0.05) is 12.1 Å². The average Bonchev–Trinajstić information content (AvgIpc) is 2.78. The van der Waals surface area contributed by atoms with Gasteiger partial charge in [-0.25, -0.2) is 4.79 Å². The largest absolute Gasteiger partial charge is 0.445 e. The lowest BCUT2D eigenvalue weighted by Gasteiger charge is -2.21. The van der Waals surface area contributed by atoms with Crippen molar-refractivity contribution in [2.24, 2.45) is 5.73 Å². The van der Waals surface area contributed by atoms with Crippen LogP contribution >= 0.6 is 0 Å². The number of benzene rings is 3. The molecule has 3 N–H and O–H groups in total. The van der Waals surface area contributed by atoms with E-state index in [1.807, 2.05) is 66.7 Å². The zero-order valence-electron chi connectivity index (χ0n) is 17.2. The van der Waals surface area contributed by atoms with E-state index in [0.717, 1.165) is 31.2 Å². The van der Waals surface area contributed by atoms with Crippen molar-refractivity contribution in [2.75, 3.05) is 0 Å². The van der Waals surface area contributed by atoms with Crippen LogP contribution in [0.15, 0.2) is 91.0 Å². The van der Waals surface area contributed by atoms with E-state index in [2.05, 4.69) is 29.6 Å². The minimum atomic E-state index is -0.392. The maximum Gasteiger partial charge on any atom is 0.407 e. The van der Waals surface area contributed by atoms with E-state index in [4.69, 9.17) is 10.5 Å². The topological polar surface area (TPSA) is 64.3 Å². The lowest BCUT2D eigenvalue weighted by molar-refractivity contribution is 0.134. The molecule has 4 heteroatoms. The molecule has 0 aromatic heterocycles. The van der Waals surface area contributed by atoms with E-state index in [9.17, 15) is 4.79 Å². The lowest BCUT2D eigenvalue weighted by atomic mass is 9.96. The minimum absolute atomic E-state index is 0.0301. The molecule has 1 amide bonds. The second-order valence-corrected chi connectivity index (χ2v) is 7.62. The van der Waals surface area contributed by atoms with Crippen LogP contribution in [0.1, 0.15) is 29.5 Å². The van der Waals surface area contributed by atoms with E-state index >= 15 is 0 Å². The number of nitrogens with one attached hydrogen (secondary N) is 1. The maximum atomic E-state index is 12.4. The Morgan fingerprint density at radius 2 is 1.23 bits per heavy atom. The van der Waals surface area contributed by atoms with Crippen LogP contribution in [-0.2, 0) is 24.2 Å². The number of hydrogen-bond donors (Lipinski definition) is 2. The lowest BCUT2D eigenvalue weighted by Crippen LogP contribution is -2.38. The quantitative estimate of drug-likeness (QED) is 0.508. The molecule has 2 atom stereocenters. The highest BCUT2D eigenvalue weighted by Crippen LogP contribution is 2.12. The van der Waals surface area contributed by atoms with Crippen LogP contribution in [-0.4, -0.2) is 18.2 Å². The summed E-state index contributed by atoms with van der Waals surface area (Å²) in [5, 5.41) is 3.04. The van der Waals surface area contributed by atoms with Crippen LogP contribution in [0.25, 0.3) is 0 Å². The number of alkyl carbamates (subject to hydrolysis) is 1. The normalized spacial score (nSPS) is 12.7. The number of carbonyl (C=O) groups is 1. The predicted octanol–water partition coefficient (Wildman–Crippen LogP) is 4.87. The van der Waals surface area contributed by atoms with Gasteiger partial charge in [0.1, 0.15) is 6.61 Å². The third kappa shape index (κ3) is 7.72. The third-order valence-corrected chi connectivity index (χ3v) is 5.09. The monoisotopic (exact) mass is 402 g/mol. The Hall–Kier alpha value is -3.11. The standard InChI is InChI=1S/C26H30N2O2/c27-24(18-21-10-4-1-5-11-21)16-17-25(19-22-12-6-2-7-13-22)28-26(29)30-20-23-14-8-3-9-15-23/h1-15,24-25H,16-20,27H2,(H,28,29)/t24-,25-/m1/s1. The minimum Gasteiger partial charge on any atom is -0.445 e.